The van der Waals surface area contributed by atoms with Crippen LogP contribution in [0.25, 0.3) is 0 Å². The van der Waals surface area contributed by atoms with Crippen LogP contribution in [0.3, 0.4) is 0 Å². The first-order valence-electron chi connectivity index (χ1n) is 7.27. The highest BCUT2D eigenvalue weighted by Gasteiger charge is 2.68. The van der Waals surface area contributed by atoms with Gasteiger partial charge in [-0.25, -0.2) is 0 Å². The van der Waals surface area contributed by atoms with Crippen LogP contribution in [0.15, 0.2) is 0 Å². The van der Waals surface area contributed by atoms with Crippen LogP contribution in [-0.4, -0.2) is 29.5 Å². The summed E-state index contributed by atoms with van der Waals surface area (Å²) in [4.78, 5) is 0. The van der Waals surface area contributed by atoms with Crippen LogP contribution in [-0.2, 0) is 4.74 Å². The average Bonchev–Trinajstić information content (AvgIpc) is 2.88. The summed E-state index contributed by atoms with van der Waals surface area (Å²) in [6.07, 6.45) is 8.60. The molecule has 0 spiro atoms. The van der Waals surface area contributed by atoms with Crippen molar-refractivity contribution in [3.63, 3.8) is 0 Å². The van der Waals surface area contributed by atoms with E-state index in [-0.39, 0.29) is 11.5 Å². The van der Waals surface area contributed by atoms with Gasteiger partial charge in [-0.1, -0.05) is 6.42 Å². The van der Waals surface area contributed by atoms with Crippen LogP contribution in [0.1, 0.15) is 44.9 Å². The predicted octanol–water partition coefficient (Wildman–Crippen LogP) is 1.43. The largest absolute Gasteiger partial charge is 0.389 e. The number of rotatable bonds is 2. The molecule has 2 aliphatic carbocycles. The van der Waals surface area contributed by atoms with Gasteiger partial charge in [-0.15, -0.1) is 0 Å². The van der Waals surface area contributed by atoms with E-state index in [0.717, 1.165) is 25.2 Å². The van der Waals surface area contributed by atoms with E-state index in [0.29, 0.717) is 18.6 Å². The Morgan fingerprint density at radius 1 is 1.29 bits per heavy atom. The van der Waals surface area contributed by atoms with Crippen LogP contribution < -0.4 is 5.73 Å². The first kappa shape index (κ1) is 10.8. The van der Waals surface area contributed by atoms with E-state index in [1.807, 2.05) is 0 Å². The summed E-state index contributed by atoms with van der Waals surface area (Å²) in [6.45, 7) is 0.605. The molecular formula is C14H23NO2. The van der Waals surface area contributed by atoms with Gasteiger partial charge in [0, 0.05) is 12.0 Å². The summed E-state index contributed by atoms with van der Waals surface area (Å²) in [5.41, 5.74) is 5.49. The molecular weight excluding hydrogens is 214 g/mol. The standard InChI is InChI=1S/C14H23NO2/c15-8-13(7-10-3-4-12(13)17-10)14(16)5-1-2-9-6-11(9)14/h9-12,16H,1-8,15H2. The van der Waals surface area contributed by atoms with Crippen LogP contribution in [0.5, 0.6) is 0 Å². The Labute approximate surface area is 103 Å². The summed E-state index contributed by atoms with van der Waals surface area (Å²) >= 11 is 0. The van der Waals surface area contributed by atoms with E-state index >= 15 is 0 Å². The zero-order valence-corrected chi connectivity index (χ0v) is 10.4. The number of hydrogen-bond donors (Lipinski definition) is 2. The highest BCUT2D eigenvalue weighted by atomic mass is 16.5. The Kier molecular flexibility index (Phi) is 2.06. The van der Waals surface area contributed by atoms with Gasteiger partial charge in [0.2, 0.25) is 0 Å². The Hall–Kier alpha value is -0.120. The molecule has 17 heavy (non-hydrogen) atoms. The van der Waals surface area contributed by atoms with E-state index in [9.17, 15) is 5.11 Å². The van der Waals surface area contributed by atoms with Gasteiger partial charge >= 0.3 is 0 Å². The van der Waals surface area contributed by atoms with Gasteiger partial charge in [-0.3, -0.25) is 0 Å². The van der Waals surface area contributed by atoms with E-state index in [2.05, 4.69) is 0 Å². The molecule has 4 rings (SSSR count). The molecule has 0 aromatic carbocycles. The molecule has 2 saturated carbocycles. The average molecular weight is 237 g/mol. The van der Waals surface area contributed by atoms with E-state index in [1.54, 1.807) is 0 Å². The minimum atomic E-state index is -0.509. The molecule has 0 radical (unpaired) electrons. The van der Waals surface area contributed by atoms with Crippen molar-refractivity contribution in [1.29, 1.82) is 0 Å². The lowest BCUT2D eigenvalue weighted by Crippen LogP contribution is -2.60. The Morgan fingerprint density at radius 2 is 2.18 bits per heavy atom. The van der Waals surface area contributed by atoms with Crippen LogP contribution >= 0.6 is 0 Å². The van der Waals surface area contributed by atoms with Gasteiger partial charge in [0.05, 0.1) is 17.8 Å². The zero-order chi connectivity index (χ0) is 11.7. The molecule has 0 aromatic heterocycles. The third-order valence-electron chi connectivity index (χ3n) is 6.21. The minimum Gasteiger partial charge on any atom is -0.389 e. The fourth-order valence-electron chi connectivity index (χ4n) is 5.24. The second-order valence-corrected chi connectivity index (χ2v) is 6.81. The van der Waals surface area contributed by atoms with Crippen LogP contribution in [0.2, 0.25) is 0 Å². The van der Waals surface area contributed by atoms with E-state index < -0.39 is 5.60 Å². The molecule has 6 unspecified atom stereocenters. The molecule has 6 atom stereocenters. The number of aliphatic hydroxyl groups is 1. The number of hydrogen-bond acceptors (Lipinski definition) is 3. The summed E-state index contributed by atoms with van der Waals surface area (Å²) in [7, 11) is 0. The maximum absolute atomic E-state index is 11.3. The molecule has 4 aliphatic rings. The van der Waals surface area contributed by atoms with Crippen molar-refractivity contribution in [2.75, 3.05) is 6.54 Å². The van der Waals surface area contributed by atoms with Gasteiger partial charge in [0.1, 0.15) is 0 Å². The highest BCUT2D eigenvalue weighted by Crippen LogP contribution is 2.65. The lowest BCUT2D eigenvalue weighted by Gasteiger charge is -2.50. The smallest absolute Gasteiger partial charge is 0.0772 e. The van der Waals surface area contributed by atoms with Crippen molar-refractivity contribution in [1.82, 2.24) is 0 Å². The van der Waals surface area contributed by atoms with Gasteiger partial charge in [0.25, 0.3) is 0 Å². The third kappa shape index (κ3) is 1.18. The molecule has 3 nitrogen and oxygen atoms in total. The monoisotopic (exact) mass is 237 g/mol. The SMILES string of the molecule is NCC1(C2(O)CCCC3CC32)CC2CCC1O2. The highest BCUT2D eigenvalue weighted by molar-refractivity contribution is 5.19. The van der Waals surface area contributed by atoms with Crippen molar-refractivity contribution < 1.29 is 9.84 Å². The van der Waals surface area contributed by atoms with Gasteiger partial charge in [0.15, 0.2) is 0 Å². The van der Waals surface area contributed by atoms with Crippen molar-refractivity contribution in [3.8, 4) is 0 Å². The second-order valence-electron chi connectivity index (χ2n) is 6.81. The Morgan fingerprint density at radius 3 is 2.82 bits per heavy atom. The normalized spacial score (nSPS) is 60.4. The van der Waals surface area contributed by atoms with Gasteiger partial charge in [-0.05, 0) is 50.4 Å². The van der Waals surface area contributed by atoms with Crippen LogP contribution in [0, 0.1) is 17.3 Å². The summed E-state index contributed by atoms with van der Waals surface area (Å²) in [5.74, 6) is 1.32. The van der Waals surface area contributed by atoms with Gasteiger partial charge < -0.3 is 15.6 Å². The first-order chi connectivity index (χ1) is 8.19. The Balaban J connectivity index is 1.71. The molecule has 3 heteroatoms. The first-order valence-corrected chi connectivity index (χ1v) is 7.27. The number of nitrogens with two attached hydrogens (primary N) is 1. The number of fused-ring (bicyclic) bond motifs is 3. The molecule has 2 heterocycles. The topological polar surface area (TPSA) is 55.5 Å². The molecule has 2 bridgehead atoms. The van der Waals surface area contributed by atoms with Crippen molar-refractivity contribution in [3.05, 3.63) is 0 Å². The number of ether oxygens (including phenoxy) is 1. The van der Waals surface area contributed by atoms with E-state index in [4.69, 9.17) is 10.5 Å². The van der Waals surface area contributed by atoms with Crippen LogP contribution in [0.4, 0.5) is 0 Å². The maximum Gasteiger partial charge on any atom is 0.0772 e. The Bertz CT molecular complexity index is 347. The van der Waals surface area contributed by atoms with Crippen molar-refractivity contribution in [2.24, 2.45) is 23.0 Å². The molecule has 2 aliphatic heterocycles. The summed E-state index contributed by atoms with van der Waals surface area (Å²) in [5, 5.41) is 11.3. The molecule has 2 saturated heterocycles. The molecule has 0 aromatic rings. The molecule has 3 N–H and O–H groups in total. The third-order valence-corrected chi connectivity index (χ3v) is 6.21. The molecule has 96 valence electrons. The minimum absolute atomic E-state index is 0.115. The van der Waals surface area contributed by atoms with Crippen molar-refractivity contribution >= 4 is 0 Å². The summed E-state index contributed by atoms with van der Waals surface area (Å²) in [6, 6.07) is 0. The fraction of sp³-hybridized carbons (Fsp3) is 1.00. The predicted molar refractivity (Wildman–Crippen MR) is 64.4 cm³/mol. The van der Waals surface area contributed by atoms with E-state index in [1.165, 1.54) is 25.7 Å². The zero-order valence-electron chi connectivity index (χ0n) is 10.4. The summed E-state index contributed by atoms with van der Waals surface area (Å²) < 4.78 is 6.02. The molecule has 0 amide bonds. The lowest BCUT2D eigenvalue weighted by atomic mass is 9.58. The second kappa shape index (κ2) is 3.25. The molecule has 4 fully saturated rings. The quantitative estimate of drug-likeness (QED) is 0.764. The van der Waals surface area contributed by atoms with Crippen molar-refractivity contribution in [2.45, 2.75) is 62.8 Å². The maximum atomic E-state index is 11.3. The van der Waals surface area contributed by atoms with Gasteiger partial charge in [-0.2, -0.15) is 0 Å². The fourth-order valence-corrected chi connectivity index (χ4v) is 5.24. The lowest BCUT2D eigenvalue weighted by molar-refractivity contribution is -0.142.